The van der Waals surface area contributed by atoms with Crippen LogP contribution < -0.4 is 19.9 Å². The molecule has 5 nitrogen and oxygen atoms in total. The van der Waals surface area contributed by atoms with Crippen LogP contribution >= 0.6 is 0 Å². The van der Waals surface area contributed by atoms with E-state index in [0.29, 0.717) is 5.75 Å². The van der Waals surface area contributed by atoms with Crippen molar-refractivity contribution in [3.05, 3.63) is 16.7 Å². The Morgan fingerprint density at radius 3 is 2.55 bits per heavy atom. The summed E-state index contributed by atoms with van der Waals surface area (Å²) in [4.78, 5) is 2.29. The van der Waals surface area contributed by atoms with Crippen LogP contribution in [0.5, 0.6) is 17.2 Å². The molecule has 3 rings (SSSR count). The van der Waals surface area contributed by atoms with Crippen molar-refractivity contribution >= 4 is 0 Å². The fraction of sp³-hybridized carbons (Fsp3) is 0.647. The maximum atomic E-state index is 6.71. The van der Waals surface area contributed by atoms with Crippen molar-refractivity contribution < 1.29 is 14.2 Å². The monoisotopic (exact) mass is 306 g/mol. The van der Waals surface area contributed by atoms with Crippen LogP contribution in [-0.2, 0) is 18.5 Å². The van der Waals surface area contributed by atoms with Crippen LogP contribution in [0.2, 0.25) is 0 Å². The molecule has 0 spiro atoms. The molecule has 0 fully saturated rings. The Bertz CT molecular complexity index is 596. The van der Waals surface area contributed by atoms with Gasteiger partial charge in [0.15, 0.2) is 11.5 Å². The van der Waals surface area contributed by atoms with E-state index in [0.717, 1.165) is 36.6 Å². The Labute approximate surface area is 132 Å². The first kappa shape index (κ1) is 15.4. The third-order valence-electron chi connectivity index (χ3n) is 5.10. The van der Waals surface area contributed by atoms with Gasteiger partial charge in [-0.2, -0.15) is 0 Å². The first-order valence-corrected chi connectivity index (χ1v) is 7.87. The number of hydrogen-bond donors (Lipinski definition) is 1. The molecular weight excluding hydrogens is 280 g/mol. The number of benzene rings is 1. The van der Waals surface area contributed by atoms with Crippen molar-refractivity contribution in [2.75, 3.05) is 27.5 Å². The number of ether oxygens (including phenoxy) is 3. The molecule has 1 aromatic carbocycles. The second-order valence-electron chi connectivity index (χ2n) is 6.86. The highest BCUT2D eigenvalue weighted by Gasteiger charge is 2.40. The van der Waals surface area contributed by atoms with Gasteiger partial charge in [0.05, 0.1) is 7.11 Å². The Hall–Kier alpha value is -1.46. The van der Waals surface area contributed by atoms with Crippen LogP contribution in [0, 0.1) is 5.92 Å². The molecule has 0 radical (unpaired) electrons. The maximum Gasteiger partial charge on any atom is 0.231 e. The zero-order valence-corrected chi connectivity index (χ0v) is 14.2. The number of hydrogen-bond acceptors (Lipinski definition) is 5. The van der Waals surface area contributed by atoms with E-state index >= 15 is 0 Å². The molecule has 2 N–H and O–H groups in total. The summed E-state index contributed by atoms with van der Waals surface area (Å²) < 4.78 is 17.2. The van der Waals surface area contributed by atoms with Crippen molar-refractivity contribution in [2.45, 2.75) is 39.3 Å². The van der Waals surface area contributed by atoms with E-state index in [-0.39, 0.29) is 12.7 Å². The van der Waals surface area contributed by atoms with Gasteiger partial charge in [0.1, 0.15) is 0 Å². The fourth-order valence-corrected chi connectivity index (χ4v) is 3.36. The van der Waals surface area contributed by atoms with Crippen molar-refractivity contribution in [3.63, 3.8) is 0 Å². The number of likely N-dealkylation sites (N-methyl/N-ethyl adjacent to an activating group) is 1. The molecule has 2 aliphatic heterocycles. The number of fused-ring (bicyclic) bond motifs is 2. The molecule has 0 amide bonds. The minimum Gasteiger partial charge on any atom is -0.492 e. The average molecular weight is 306 g/mol. The van der Waals surface area contributed by atoms with Crippen LogP contribution in [0.3, 0.4) is 0 Å². The Balaban J connectivity index is 2.31. The van der Waals surface area contributed by atoms with Crippen LogP contribution in [0.4, 0.5) is 0 Å². The number of nitrogens with two attached hydrogens (primary N) is 1. The Morgan fingerprint density at radius 2 is 1.91 bits per heavy atom. The van der Waals surface area contributed by atoms with Gasteiger partial charge in [0.25, 0.3) is 0 Å². The molecule has 2 aliphatic rings. The summed E-state index contributed by atoms with van der Waals surface area (Å²) in [5.74, 6) is 2.58. The van der Waals surface area contributed by atoms with Crippen molar-refractivity contribution in [1.29, 1.82) is 0 Å². The zero-order valence-electron chi connectivity index (χ0n) is 14.2. The summed E-state index contributed by atoms with van der Waals surface area (Å²) in [7, 11) is 3.81. The fourth-order valence-electron chi connectivity index (χ4n) is 3.36. The summed E-state index contributed by atoms with van der Waals surface area (Å²) in [6, 6.07) is 0. The molecule has 0 aromatic heterocycles. The van der Waals surface area contributed by atoms with Crippen molar-refractivity contribution in [3.8, 4) is 17.2 Å². The maximum absolute atomic E-state index is 6.71. The van der Waals surface area contributed by atoms with Gasteiger partial charge in [0.2, 0.25) is 12.5 Å². The van der Waals surface area contributed by atoms with Gasteiger partial charge in [-0.05, 0) is 31.9 Å². The number of rotatable bonds is 3. The highest BCUT2D eigenvalue weighted by atomic mass is 16.7. The molecule has 22 heavy (non-hydrogen) atoms. The van der Waals surface area contributed by atoms with E-state index < -0.39 is 5.54 Å². The predicted molar refractivity (Wildman–Crippen MR) is 85.5 cm³/mol. The Kier molecular flexibility index (Phi) is 3.73. The number of methoxy groups -OCH3 is 1. The Morgan fingerprint density at radius 1 is 1.23 bits per heavy atom. The predicted octanol–water partition coefficient (Wildman–Crippen LogP) is 2.24. The standard InChI is InChI=1S/C17H26N2O3/c1-10(2)17(3,18)13-11-6-7-19(4)8-12(11)14(20-5)16-15(13)21-9-22-16/h10H,6-9,18H2,1-5H3/t17-/m1/s1. The second kappa shape index (κ2) is 5.32. The lowest BCUT2D eigenvalue weighted by molar-refractivity contribution is 0.168. The zero-order chi connectivity index (χ0) is 16.1. The lowest BCUT2D eigenvalue weighted by atomic mass is 9.76. The molecular formula is C17H26N2O3. The molecule has 0 saturated carbocycles. The van der Waals surface area contributed by atoms with E-state index in [1.54, 1.807) is 7.11 Å². The van der Waals surface area contributed by atoms with Crippen molar-refractivity contribution in [2.24, 2.45) is 11.7 Å². The van der Waals surface area contributed by atoms with Gasteiger partial charge < -0.3 is 24.8 Å². The summed E-state index contributed by atoms with van der Waals surface area (Å²) in [6.45, 7) is 8.46. The summed E-state index contributed by atoms with van der Waals surface area (Å²) >= 11 is 0. The SMILES string of the molecule is COc1c2c(c([C@](C)(N)C(C)C)c3c1OCO3)CCN(C)C2. The van der Waals surface area contributed by atoms with Gasteiger partial charge in [-0.3, -0.25) is 0 Å². The van der Waals surface area contributed by atoms with Crippen LogP contribution in [0.1, 0.15) is 37.5 Å². The molecule has 5 heteroatoms. The van der Waals surface area contributed by atoms with E-state index in [1.165, 1.54) is 11.1 Å². The minimum atomic E-state index is -0.468. The van der Waals surface area contributed by atoms with Gasteiger partial charge in [0, 0.05) is 29.8 Å². The average Bonchev–Trinajstić information content (AvgIpc) is 2.92. The highest BCUT2D eigenvalue weighted by Crippen LogP contribution is 2.53. The van der Waals surface area contributed by atoms with E-state index in [2.05, 4.69) is 32.7 Å². The smallest absolute Gasteiger partial charge is 0.231 e. The van der Waals surface area contributed by atoms with Crippen LogP contribution in [0.25, 0.3) is 0 Å². The summed E-state index contributed by atoms with van der Waals surface area (Å²) in [6.07, 6.45) is 0.952. The lowest BCUT2D eigenvalue weighted by Crippen LogP contribution is -2.41. The van der Waals surface area contributed by atoms with Gasteiger partial charge in [-0.1, -0.05) is 13.8 Å². The van der Waals surface area contributed by atoms with Crippen LogP contribution in [0.15, 0.2) is 0 Å². The molecule has 1 atom stereocenters. The molecule has 0 saturated heterocycles. The summed E-state index contributed by atoms with van der Waals surface area (Å²) in [5, 5.41) is 0. The number of nitrogens with zero attached hydrogens (tertiary/aromatic N) is 1. The molecule has 0 aliphatic carbocycles. The largest absolute Gasteiger partial charge is 0.492 e. The second-order valence-corrected chi connectivity index (χ2v) is 6.86. The minimum absolute atomic E-state index is 0.228. The third kappa shape index (κ3) is 2.15. The highest BCUT2D eigenvalue weighted by molar-refractivity contribution is 5.67. The van der Waals surface area contributed by atoms with Gasteiger partial charge in [-0.25, -0.2) is 0 Å². The van der Waals surface area contributed by atoms with E-state index in [1.807, 2.05) is 0 Å². The van der Waals surface area contributed by atoms with Crippen molar-refractivity contribution in [1.82, 2.24) is 4.90 Å². The third-order valence-corrected chi connectivity index (χ3v) is 5.10. The molecule has 0 bridgehead atoms. The van der Waals surface area contributed by atoms with Crippen LogP contribution in [-0.4, -0.2) is 32.4 Å². The molecule has 0 unspecified atom stereocenters. The van der Waals surface area contributed by atoms with Gasteiger partial charge in [-0.15, -0.1) is 0 Å². The van der Waals surface area contributed by atoms with E-state index in [4.69, 9.17) is 19.9 Å². The normalized spacial score (nSPS) is 20.0. The molecule has 122 valence electrons. The van der Waals surface area contributed by atoms with Gasteiger partial charge >= 0.3 is 0 Å². The first-order valence-electron chi connectivity index (χ1n) is 7.87. The molecule has 2 heterocycles. The summed E-state index contributed by atoms with van der Waals surface area (Å²) in [5.41, 5.74) is 9.81. The van der Waals surface area contributed by atoms with E-state index in [9.17, 15) is 0 Å². The lowest BCUT2D eigenvalue weighted by Gasteiger charge is -2.37. The molecule has 1 aromatic rings. The quantitative estimate of drug-likeness (QED) is 0.928. The first-order chi connectivity index (χ1) is 10.4. The topological polar surface area (TPSA) is 57.0 Å².